The van der Waals surface area contributed by atoms with Crippen molar-refractivity contribution in [1.82, 2.24) is 19.9 Å². The van der Waals surface area contributed by atoms with Crippen molar-refractivity contribution in [1.29, 1.82) is 5.26 Å². The molecule has 130 valence electrons. The summed E-state index contributed by atoms with van der Waals surface area (Å²) in [5.74, 6) is 1.64. The second-order valence-electron chi connectivity index (χ2n) is 5.31. The number of aryl methyl sites for hydroxylation is 2. The fraction of sp³-hybridized carbons (Fsp3) is 0.211. The van der Waals surface area contributed by atoms with Crippen LogP contribution >= 0.6 is 23.5 Å². The molecule has 0 fully saturated rings. The van der Waals surface area contributed by atoms with E-state index in [0.29, 0.717) is 5.56 Å². The molecule has 7 heteroatoms. The van der Waals surface area contributed by atoms with Gasteiger partial charge in [-0.15, -0.1) is 23.5 Å². The van der Waals surface area contributed by atoms with Crippen LogP contribution in [0.5, 0.6) is 0 Å². The zero-order valence-electron chi connectivity index (χ0n) is 14.1. The number of pyridine rings is 2. The maximum atomic E-state index is 9.55. The minimum absolute atomic E-state index is 0.560. The quantitative estimate of drug-likeness (QED) is 0.435. The van der Waals surface area contributed by atoms with Gasteiger partial charge in [0.1, 0.15) is 28.0 Å². The van der Waals surface area contributed by atoms with Gasteiger partial charge in [0.05, 0.1) is 0 Å². The fourth-order valence-electron chi connectivity index (χ4n) is 2.27. The van der Waals surface area contributed by atoms with E-state index in [4.69, 9.17) is 0 Å². The molecule has 0 saturated heterocycles. The van der Waals surface area contributed by atoms with E-state index < -0.39 is 0 Å². The molecule has 0 saturated carbocycles. The molecule has 3 heterocycles. The van der Waals surface area contributed by atoms with Crippen LogP contribution in [0.3, 0.4) is 0 Å². The van der Waals surface area contributed by atoms with Crippen molar-refractivity contribution >= 4 is 23.5 Å². The first-order valence-corrected chi connectivity index (χ1v) is 10.1. The molecule has 3 rings (SSSR count). The Hall–Kier alpha value is -2.43. The van der Waals surface area contributed by atoms with Crippen LogP contribution in [-0.2, 0) is 12.8 Å². The van der Waals surface area contributed by atoms with Gasteiger partial charge in [-0.1, -0.05) is 12.1 Å². The van der Waals surface area contributed by atoms with Crippen molar-refractivity contribution in [3.05, 3.63) is 72.1 Å². The lowest BCUT2D eigenvalue weighted by atomic mass is 10.3. The third-order valence-corrected chi connectivity index (χ3v) is 5.52. The van der Waals surface area contributed by atoms with Crippen LogP contribution in [0.25, 0.3) is 0 Å². The van der Waals surface area contributed by atoms with E-state index in [1.54, 1.807) is 35.9 Å². The number of aromatic nitrogens is 4. The van der Waals surface area contributed by atoms with Crippen molar-refractivity contribution in [3.8, 4) is 6.07 Å². The highest BCUT2D eigenvalue weighted by Crippen LogP contribution is 2.28. The summed E-state index contributed by atoms with van der Waals surface area (Å²) < 4.78 is 0. The third kappa shape index (κ3) is 5.28. The fourth-order valence-corrected chi connectivity index (χ4v) is 4.16. The first-order chi connectivity index (χ1) is 12.9. The van der Waals surface area contributed by atoms with E-state index in [1.165, 1.54) is 6.33 Å². The predicted molar refractivity (Wildman–Crippen MR) is 104 cm³/mol. The number of hydrogen-bond donors (Lipinski definition) is 0. The average molecular weight is 380 g/mol. The van der Waals surface area contributed by atoms with E-state index in [1.807, 2.05) is 36.4 Å². The first kappa shape index (κ1) is 18.4. The number of rotatable bonds is 8. The molecule has 0 unspecified atom stereocenters. The minimum atomic E-state index is 0.560. The van der Waals surface area contributed by atoms with E-state index in [-0.39, 0.29) is 0 Å². The molecule has 0 N–H and O–H groups in total. The molecule has 0 aliphatic rings. The Balaban J connectivity index is 1.58. The van der Waals surface area contributed by atoms with Crippen LogP contribution in [0.1, 0.15) is 17.0 Å². The minimum Gasteiger partial charge on any atom is -0.261 e. The van der Waals surface area contributed by atoms with Crippen LogP contribution in [0.2, 0.25) is 0 Å². The molecular formula is C19H17N5S2. The van der Waals surface area contributed by atoms with Crippen LogP contribution in [0.4, 0.5) is 0 Å². The van der Waals surface area contributed by atoms with Crippen molar-refractivity contribution in [3.63, 3.8) is 0 Å². The summed E-state index contributed by atoms with van der Waals surface area (Å²) in [6.45, 7) is 0. The summed E-state index contributed by atoms with van der Waals surface area (Å²) in [6, 6.07) is 14.0. The summed E-state index contributed by atoms with van der Waals surface area (Å²) in [6.07, 6.45) is 6.79. The van der Waals surface area contributed by atoms with E-state index >= 15 is 0 Å². The SMILES string of the molecule is N#Cc1c(SCCc2ccccn2)ncnc1SCCc1ccccn1. The molecule has 0 bridgehead atoms. The summed E-state index contributed by atoms with van der Waals surface area (Å²) in [7, 11) is 0. The number of nitriles is 1. The number of hydrogen-bond acceptors (Lipinski definition) is 7. The van der Waals surface area contributed by atoms with Gasteiger partial charge >= 0.3 is 0 Å². The Kier molecular flexibility index (Phi) is 6.99. The summed E-state index contributed by atoms with van der Waals surface area (Å²) in [4.78, 5) is 17.2. The average Bonchev–Trinajstić information content (AvgIpc) is 2.70. The summed E-state index contributed by atoms with van der Waals surface area (Å²) in [5, 5.41) is 11.0. The number of nitrogens with zero attached hydrogens (tertiary/aromatic N) is 5. The van der Waals surface area contributed by atoms with Gasteiger partial charge in [-0.2, -0.15) is 5.26 Å². The molecule has 0 radical (unpaired) electrons. The van der Waals surface area contributed by atoms with E-state index in [2.05, 4.69) is 26.0 Å². The highest BCUT2D eigenvalue weighted by molar-refractivity contribution is 8.00. The van der Waals surface area contributed by atoms with Crippen molar-refractivity contribution < 1.29 is 0 Å². The first-order valence-electron chi connectivity index (χ1n) is 8.17. The Morgan fingerprint density at radius 2 is 1.31 bits per heavy atom. The summed E-state index contributed by atoms with van der Waals surface area (Å²) >= 11 is 3.14. The maximum absolute atomic E-state index is 9.55. The van der Waals surface area contributed by atoms with Gasteiger partial charge in [0.15, 0.2) is 0 Å². The molecule has 0 aromatic carbocycles. The zero-order valence-corrected chi connectivity index (χ0v) is 15.7. The van der Waals surface area contributed by atoms with Crippen LogP contribution < -0.4 is 0 Å². The predicted octanol–water partition coefficient (Wildman–Crippen LogP) is 3.81. The van der Waals surface area contributed by atoms with E-state index in [9.17, 15) is 5.26 Å². The molecular weight excluding hydrogens is 362 g/mol. The maximum Gasteiger partial charge on any atom is 0.118 e. The smallest absolute Gasteiger partial charge is 0.118 e. The Morgan fingerprint density at radius 3 is 1.73 bits per heavy atom. The van der Waals surface area contributed by atoms with Crippen LogP contribution in [0, 0.1) is 11.3 Å². The second-order valence-corrected chi connectivity index (χ2v) is 7.48. The van der Waals surface area contributed by atoms with Crippen LogP contribution in [-0.4, -0.2) is 31.4 Å². The zero-order chi connectivity index (χ0) is 18.0. The van der Waals surface area contributed by atoms with Gasteiger partial charge < -0.3 is 0 Å². The van der Waals surface area contributed by atoms with Gasteiger partial charge in [-0.05, 0) is 37.1 Å². The number of thioether (sulfide) groups is 2. The lowest BCUT2D eigenvalue weighted by Gasteiger charge is -2.07. The second kappa shape index (κ2) is 9.90. The molecule has 0 aliphatic carbocycles. The normalized spacial score (nSPS) is 10.4. The highest BCUT2D eigenvalue weighted by atomic mass is 32.2. The van der Waals surface area contributed by atoms with Gasteiger partial charge in [-0.25, -0.2) is 9.97 Å². The molecule has 0 atom stereocenters. The van der Waals surface area contributed by atoms with Crippen molar-refractivity contribution in [2.24, 2.45) is 0 Å². The monoisotopic (exact) mass is 379 g/mol. The van der Waals surface area contributed by atoms with Gasteiger partial charge in [0.2, 0.25) is 0 Å². The van der Waals surface area contributed by atoms with Crippen LogP contribution in [0.15, 0.2) is 65.2 Å². The Morgan fingerprint density at radius 1 is 0.769 bits per heavy atom. The largest absolute Gasteiger partial charge is 0.261 e. The van der Waals surface area contributed by atoms with Gasteiger partial charge in [0.25, 0.3) is 0 Å². The molecule has 3 aromatic rings. The van der Waals surface area contributed by atoms with E-state index in [0.717, 1.165) is 45.8 Å². The molecule has 3 aromatic heterocycles. The molecule has 0 aliphatic heterocycles. The molecule has 0 spiro atoms. The Labute approximate surface area is 161 Å². The lowest BCUT2D eigenvalue weighted by molar-refractivity contribution is 0.937. The van der Waals surface area contributed by atoms with Crippen molar-refractivity contribution in [2.45, 2.75) is 22.9 Å². The molecule has 5 nitrogen and oxygen atoms in total. The highest BCUT2D eigenvalue weighted by Gasteiger charge is 2.12. The van der Waals surface area contributed by atoms with Crippen molar-refractivity contribution in [2.75, 3.05) is 11.5 Å². The lowest BCUT2D eigenvalue weighted by Crippen LogP contribution is -1.98. The standard InChI is InChI=1S/C19H17N5S2/c20-13-17-18(25-11-7-15-5-1-3-9-21-15)23-14-24-19(17)26-12-8-16-6-2-4-10-22-16/h1-6,9-10,14H,7-8,11-12H2. The van der Waals surface area contributed by atoms with Gasteiger partial charge in [-0.3, -0.25) is 9.97 Å². The Bertz CT molecular complexity index is 802. The topological polar surface area (TPSA) is 75.3 Å². The summed E-state index contributed by atoms with van der Waals surface area (Å²) in [5.41, 5.74) is 2.64. The third-order valence-electron chi connectivity index (χ3n) is 3.54. The molecule has 26 heavy (non-hydrogen) atoms. The molecule has 0 amide bonds. The van der Waals surface area contributed by atoms with Gasteiger partial charge in [0, 0.05) is 35.3 Å².